The fraction of sp³-hybridized carbons (Fsp3) is 0.269. The van der Waals surface area contributed by atoms with Crippen LogP contribution in [0.15, 0.2) is 66.7 Å². The number of benzene rings is 3. The van der Waals surface area contributed by atoms with E-state index < -0.39 is 53.2 Å². The van der Waals surface area contributed by atoms with Crippen LogP contribution in [0.5, 0.6) is 5.75 Å². The molecular formula is C26H22F8N2O2. The van der Waals surface area contributed by atoms with Gasteiger partial charge >= 0.3 is 18.4 Å². The summed E-state index contributed by atoms with van der Waals surface area (Å²) < 4.78 is 114. The van der Waals surface area contributed by atoms with E-state index in [0.29, 0.717) is 11.6 Å². The minimum atomic E-state index is -4.99. The molecule has 4 nitrogen and oxygen atoms in total. The second-order valence-corrected chi connectivity index (χ2v) is 8.30. The summed E-state index contributed by atoms with van der Waals surface area (Å²) in [6.45, 7) is -0.192. The molecule has 12 heteroatoms. The van der Waals surface area contributed by atoms with E-state index in [4.69, 9.17) is 4.74 Å². The Morgan fingerprint density at radius 3 is 2.11 bits per heavy atom. The molecule has 38 heavy (non-hydrogen) atoms. The highest BCUT2D eigenvalue weighted by Gasteiger charge is 2.41. The fourth-order valence-electron chi connectivity index (χ4n) is 3.91. The lowest BCUT2D eigenvalue weighted by atomic mass is 9.77. The Bertz CT molecular complexity index is 1260. The third-order valence-corrected chi connectivity index (χ3v) is 5.53. The molecule has 0 aliphatic heterocycles. The Morgan fingerprint density at radius 1 is 0.842 bits per heavy atom. The smallest absolute Gasteiger partial charge is 0.416 e. The highest BCUT2D eigenvalue weighted by Crippen LogP contribution is 2.39. The standard InChI is InChI=1S/C26H22F8N2O2/c1-2-38-22-13-17(8-9-21(22)28)24(14-16-6-4-3-5-7-16,36-23(37)35-15-25(29,30)31)18-10-19(26(32,33)34)12-20(27)11-18/h3-13H,2,14-15H2,1H3,(H2,35,36,37)/t24-/m1/s1. The van der Waals surface area contributed by atoms with Crippen molar-refractivity contribution in [1.82, 2.24) is 10.6 Å². The first-order chi connectivity index (χ1) is 17.7. The lowest BCUT2D eigenvalue weighted by molar-refractivity contribution is -0.137. The number of hydrogen-bond acceptors (Lipinski definition) is 2. The summed E-state index contributed by atoms with van der Waals surface area (Å²) in [6, 6.07) is 11.2. The average molecular weight is 546 g/mol. The lowest BCUT2D eigenvalue weighted by Crippen LogP contribution is -2.53. The molecule has 0 fully saturated rings. The molecule has 3 rings (SSSR count). The topological polar surface area (TPSA) is 50.4 Å². The number of ether oxygens (including phenoxy) is 1. The molecule has 0 aliphatic carbocycles. The number of nitrogens with one attached hydrogen (secondary N) is 2. The third-order valence-electron chi connectivity index (χ3n) is 5.53. The average Bonchev–Trinajstić information content (AvgIpc) is 2.83. The maximum atomic E-state index is 14.6. The van der Waals surface area contributed by atoms with Crippen LogP contribution >= 0.6 is 0 Å². The molecule has 0 spiro atoms. The lowest BCUT2D eigenvalue weighted by Gasteiger charge is -2.37. The third kappa shape index (κ3) is 7.14. The maximum Gasteiger partial charge on any atom is 0.416 e. The number of hydrogen-bond donors (Lipinski definition) is 2. The van der Waals surface area contributed by atoms with Crippen molar-refractivity contribution >= 4 is 6.03 Å². The molecule has 0 aliphatic rings. The number of alkyl halides is 6. The van der Waals surface area contributed by atoms with Gasteiger partial charge in [-0.2, -0.15) is 26.3 Å². The quantitative estimate of drug-likeness (QED) is 0.308. The SMILES string of the molecule is CCOc1cc([C@@](Cc2ccccc2)(NC(=O)NCC(F)(F)F)c2cc(F)cc(C(F)(F)F)c2)ccc1F. The number of halogens is 8. The largest absolute Gasteiger partial charge is 0.491 e. The van der Waals surface area contributed by atoms with Gasteiger partial charge in [-0.3, -0.25) is 0 Å². The van der Waals surface area contributed by atoms with Gasteiger partial charge in [0.2, 0.25) is 0 Å². The number of rotatable bonds is 8. The van der Waals surface area contributed by atoms with Crippen LogP contribution in [0.4, 0.5) is 39.9 Å². The van der Waals surface area contributed by atoms with Gasteiger partial charge in [-0.15, -0.1) is 0 Å². The minimum absolute atomic E-state index is 0.00371. The number of urea groups is 1. The fourth-order valence-corrected chi connectivity index (χ4v) is 3.91. The monoisotopic (exact) mass is 546 g/mol. The van der Waals surface area contributed by atoms with E-state index in [2.05, 4.69) is 5.32 Å². The molecule has 0 heterocycles. The first kappa shape index (κ1) is 28.7. The summed E-state index contributed by atoms with van der Waals surface area (Å²) in [7, 11) is 0. The molecule has 0 saturated carbocycles. The molecule has 0 unspecified atom stereocenters. The Kier molecular flexibility index (Phi) is 8.53. The van der Waals surface area contributed by atoms with Crippen molar-refractivity contribution in [3.05, 3.63) is 101 Å². The zero-order valence-electron chi connectivity index (χ0n) is 19.8. The van der Waals surface area contributed by atoms with Crippen molar-refractivity contribution in [3.8, 4) is 5.75 Å². The van der Waals surface area contributed by atoms with Gasteiger partial charge < -0.3 is 15.4 Å². The summed E-state index contributed by atoms with van der Waals surface area (Å²) >= 11 is 0. The molecule has 0 aromatic heterocycles. The van der Waals surface area contributed by atoms with Gasteiger partial charge in [0.1, 0.15) is 12.4 Å². The zero-order chi connectivity index (χ0) is 28.1. The molecule has 0 radical (unpaired) electrons. The number of amides is 2. The van der Waals surface area contributed by atoms with E-state index in [1.165, 1.54) is 0 Å². The predicted octanol–water partition coefficient (Wildman–Crippen LogP) is 6.73. The van der Waals surface area contributed by atoms with Gasteiger partial charge in [-0.1, -0.05) is 36.4 Å². The first-order valence-electron chi connectivity index (χ1n) is 11.2. The first-order valence-corrected chi connectivity index (χ1v) is 11.2. The van der Waals surface area contributed by atoms with Gasteiger partial charge in [0.15, 0.2) is 11.6 Å². The molecule has 0 saturated heterocycles. The maximum absolute atomic E-state index is 14.6. The Balaban J connectivity index is 2.31. The van der Waals surface area contributed by atoms with Crippen molar-refractivity contribution in [1.29, 1.82) is 0 Å². The second kappa shape index (κ2) is 11.3. The van der Waals surface area contributed by atoms with Gasteiger partial charge in [-0.25, -0.2) is 13.6 Å². The molecule has 1 atom stereocenters. The van der Waals surface area contributed by atoms with Gasteiger partial charge in [0.25, 0.3) is 0 Å². The van der Waals surface area contributed by atoms with Crippen molar-refractivity contribution < 1.29 is 44.7 Å². The molecule has 2 N–H and O–H groups in total. The van der Waals surface area contributed by atoms with Crippen LogP contribution in [0.2, 0.25) is 0 Å². The summed E-state index contributed by atoms with van der Waals surface area (Å²) in [5.74, 6) is -2.47. The van der Waals surface area contributed by atoms with Crippen LogP contribution in [0, 0.1) is 11.6 Å². The van der Waals surface area contributed by atoms with Crippen LogP contribution in [0.25, 0.3) is 0 Å². The van der Waals surface area contributed by atoms with Gasteiger partial charge in [0, 0.05) is 6.42 Å². The normalized spacial score (nSPS) is 13.5. The van der Waals surface area contributed by atoms with Crippen LogP contribution in [-0.4, -0.2) is 25.4 Å². The molecule has 3 aromatic carbocycles. The second-order valence-electron chi connectivity index (χ2n) is 8.30. The van der Waals surface area contributed by atoms with Crippen molar-refractivity contribution in [2.75, 3.05) is 13.2 Å². The van der Waals surface area contributed by atoms with Crippen LogP contribution in [0.1, 0.15) is 29.2 Å². The van der Waals surface area contributed by atoms with E-state index >= 15 is 0 Å². The Morgan fingerprint density at radius 2 is 1.50 bits per heavy atom. The van der Waals surface area contributed by atoms with Crippen molar-refractivity contribution in [2.24, 2.45) is 0 Å². The summed E-state index contributed by atoms with van der Waals surface area (Å²) in [5, 5.41) is 3.93. The van der Waals surface area contributed by atoms with Crippen LogP contribution in [-0.2, 0) is 18.1 Å². The number of carbonyl (C=O) groups is 1. The van der Waals surface area contributed by atoms with Crippen LogP contribution < -0.4 is 15.4 Å². The van der Waals surface area contributed by atoms with E-state index in [0.717, 1.165) is 24.3 Å². The van der Waals surface area contributed by atoms with Crippen molar-refractivity contribution in [3.63, 3.8) is 0 Å². The van der Waals surface area contributed by atoms with Gasteiger partial charge in [0.05, 0.1) is 17.7 Å². The summed E-state index contributed by atoms with van der Waals surface area (Å²) in [5.41, 5.74) is -3.58. The predicted molar refractivity (Wildman–Crippen MR) is 122 cm³/mol. The van der Waals surface area contributed by atoms with E-state index in [1.54, 1.807) is 42.6 Å². The molecular weight excluding hydrogens is 524 g/mol. The molecule has 0 bridgehead atoms. The van der Waals surface area contributed by atoms with E-state index in [1.807, 2.05) is 0 Å². The van der Waals surface area contributed by atoms with E-state index in [9.17, 15) is 39.9 Å². The molecule has 204 valence electrons. The molecule has 3 aromatic rings. The molecule has 2 amide bonds. The Hall–Kier alpha value is -3.83. The summed E-state index contributed by atoms with van der Waals surface area (Å²) in [4.78, 5) is 12.7. The van der Waals surface area contributed by atoms with Crippen molar-refractivity contribution in [2.45, 2.75) is 31.2 Å². The van der Waals surface area contributed by atoms with Crippen LogP contribution in [0.3, 0.4) is 0 Å². The van der Waals surface area contributed by atoms with E-state index in [-0.39, 0.29) is 30.4 Å². The van der Waals surface area contributed by atoms with Gasteiger partial charge in [-0.05, 0) is 53.9 Å². The highest BCUT2D eigenvalue weighted by atomic mass is 19.4. The Labute approximate surface area is 212 Å². The summed E-state index contributed by atoms with van der Waals surface area (Å²) in [6.07, 6.45) is -10.1. The minimum Gasteiger partial charge on any atom is -0.491 e. The highest BCUT2D eigenvalue weighted by molar-refractivity contribution is 5.76. The number of carbonyl (C=O) groups excluding carboxylic acids is 1. The zero-order valence-corrected chi connectivity index (χ0v) is 19.8.